The maximum atomic E-state index is 12.4. The van der Waals surface area contributed by atoms with Gasteiger partial charge >= 0.3 is 0 Å². The monoisotopic (exact) mass is 432 g/mol. The summed E-state index contributed by atoms with van der Waals surface area (Å²) in [7, 11) is 1.63. The topological polar surface area (TPSA) is 100 Å². The van der Waals surface area contributed by atoms with Crippen LogP contribution in [0.4, 0.5) is 5.69 Å². The zero-order chi connectivity index (χ0) is 21.5. The number of amides is 3. The molecule has 2 N–H and O–H groups in total. The molecule has 1 aromatic rings. The Kier molecular flexibility index (Phi) is 7.87. The van der Waals surface area contributed by atoms with Crippen LogP contribution in [0.5, 0.6) is 0 Å². The van der Waals surface area contributed by atoms with Crippen molar-refractivity contribution < 1.29 is 19.1 Å². The molecule has 3 rings (SSSR count). The van der Waals surface area contributed by atoms with E-state index in [4.69, 9.17) is 4.74 Å². The second-order valence-corrected chi connectivity index (χ2v) is 8.69. The van der Waals surface area contributed by atoms with Crippen molar-refractivity contribution in [1.82, 2.24) is 10.2 Å². The highest BCUT2D eigenvalue weighted by Crippen LogP contribution is 2.29. The maximum absolute atomic E-state index is 12.4. The summed E-state index contributed by atoms with van der Waals surface area (Å²) in [4.78, 5) is 43.0. The normalized spacial score (nSPS) is 19.5. The second kappa shape index (κ2) is 10.6. The van der Waals surface area contributed by atoms with Crippen molar-refractivity contribution in [2.24, 2.45) is 4.99 Å². The molecule has 2 heterocycles. The SMILES string of the molecule is COCCC(C)NC(=O)c1ccc(NC(=O)CC2SC(N3CCCC3)=NC2=O)cc1. The van der Waals surface area contributed by atoms with Crippen molar-refractivity contribution >= 4 is 40.3 Å². The van der Waals surface area contributed by atoms with Crippen LogP contribution in [0.3, 0.4) is 0 Å². The van der Waals surface area contributed by atoms with E-state index in [1.807, 2.05) is 6.92 Å². The fourth-order valence-electron chi connectivity index (χ4n) is 3.31. The zero-order valence-electron chi connectivity index (χ0n) is 17.3. The smallest absolute Gasteiger partial charge is 0.262 e. The van der Waals surface area contributed by atoms with E-state index in [-0.39, 0.29) is 30.2 Å². The predicted molar refractivity (Wildman–Crippen MR) is 118 cm³/mol. The Bertz CT molecular complexity index is 806. The average molecular weight is 433 g/mol. The largest absolute Gasteiger partial charge is 0.385 e. The van der Waals surface area contributed by atoms with E-state index in [0.29, 0.717) is 17.9 Å². The van der Waals surface area contributed by atoms with Gasteiger partial charge in [-0.05, 0) is 50.5 Å². The summed E-state index contributed by atoms with van der Waals surface area (Å²) in [6.45, 7) is 4.34. The van der Waals surface area contributed by atoms with E-state index in [1.54, 1.807) is 31.4 Å². The van der Waals surface area contributed by atoms with Crippen LogP contribution in [0, 0.1) is 0 Å². The van der Waals surface area contributed by atoms with E-state index in [0.717, 1.165) is 37.5 Å². The van der Waals surface area contributed by atoms with Crippen LogP contribution < -0.4 is 10.6 Å². The molecule has 2 atom stereocenters. The van der Waals surface area contributed by atoms with E-state index in [1.165, 1.54) is 11.8 Å². The number of carbonyl (C=O) groups is 3. The van der Waals surface area contributed by atoms with Crippen LogP contribution in [0.15, 0.2) is 29.3 Å². The Morgan fingerprint density at radius 3 is 2.63 bits per heavy atom. The van der Waals surface area contributed by atoms with Crippen molar-refractivity contribution in [3.8, 4) is 0 Å². The Balaban J connectivity index is 1.46. The van der Waals surface area contributed by atoms with Gasteiger partial charge in [-0.3, -0.25) is 14.4 Å². The number of hydrogen-bond acceptors (Lipinski definition) is 6. The first-order valence-corrected chi connectivity index (χ1v) is 11.1. The number of anilines is 1. The Hall–Kier alpha value is -2.39. The second-order valence-electron chi connectivity index (χ2n) is 7.52. The van der Waals surface area contributed by atoms with Gasteiger partial charge in [-0.2, -0.15) is 4.99 Å². The molecular weight excluding hydrogens is 404 g/mol. The predicted octanol–water partition coefficient (Wildman–Crippen LogP) is 2.26. The van der Waals surface area contributed by atoms with Gasteiger partial charge in [0.25, 0.3) is 11.8 Å². The summed E-state index contributed by atoms with van der Waals surface area (Å²) >= 11 is 1.38. The number of benzene rings is 1. The van der Waals surface area contributed by atoms with Crippen molar-refractivity contribution in [1.29, 1.82) is 0 Å². The number of rotatable bonds is 8. The fourth-order valence-corrected chi connectivity index (χ4v) is 4.43. The number of amidine groups is 1. The lowest BCUT2D eigenvalue weighted by molar-refractivity contribution is -0.121. The fraction of sp³-hybridized carbons (Fsp3) is 0.524. The first kappa shape index (κ1) is 22.3. The van der Waals surface area contributed by atoms with Crippen molar-refractivity contribution in [2.45, 2.75) is 43.9 Å². The van der Waals surface area contributed by atoms with Crippen LogP contribution in [0.2, 0.25) is 0 Å². The molecule has 1 fully saturated rings. The van der Waals surface area contributed by atoms with E-state index in [2.05, 4.69) is 20.5 Å². The van der Waals surface area contributed by atoms with Gasteiger partial charge in [-0.15, -0.1) is 0 Å². The molecule has 9 heteroatoms. The van der Waals surface area contributed by atoms with Crippen molar-refractivity contribution in [3.05, 3.63) is 29.8 Å². The first-order chi connectivity index (χ1) is 14.5. The Labute approximate surface area is 180 Å². The van der Waals surface area contributed by atoms with E-state index in [9.17, 15) is 14.4 Å². The molecule has 1 saturated heterocycles. The molecule has 0 aromatic heterocycles. The molecule has 0 radical (unpaired) electrons. The molecule has 0 saturated carbocycles. The molecule has 30 heavy (non-hydrogen) atoms. The third kappa shape index (κ3) is 6.06. The number of nitrogens with zero attached hydrogens (tertiary/aromatic N) is 2. The lowest BCUT2D eigenvalue weighted by atomic mass is 10.1. The van der Waals surface area contributed by atoms with Crippen LogP contribution in [0.25, 0.3) is 0 Å². The third-order valence-corrected chi connectivity index (χ3v) is 6.25. The summed E-state index contributed by atoms with van der Waals surface area (Å²) in [6, 6.07) is 6.70. The molecule has 1 aromatic carbocycles. The molecule has 0 spiro atoms. The average Bonchev–Trinajstić information content (AvgIpc) is 3.37. The van der Waals surface area contributed by atoms with Gasteiger partial charge in [0.05, 0.1) is 0 Å². The number of nitrogens with one attached hydrogen (secondary N) is 2. The van der Waals surface area contributed by atoms with Gasteiger partial charge < -0.3 is 20.3 Å². The van der Waals surface area contributed by atoms with E-state index < -0.39 is 5.25 Å². The van der Waals surface area contributed by atoms with Crippen molar-refractivity contribution in [3.63, 3.8) is 0 Å². The van der Waals surface area contributed by atoms with Gasteiger partial charge in [0.2, 0.25) is 5.91 Å². The molecule has 2 aliphatic heterocycles. The van der Waals surface area contributed by atoms with Crippen molar-refractivity contribution in [2.75, 3.05) is 32.1 Å². The molecule has 2 unspecified atom stereocenters. The van der Waals surface area contributed by atoms with Crippen LogP contribution in [-0.2, 0) is 14.3 Å². The lowest BCUT2D eigenvalue weighted by Crippen LogP contribution is -2.33. The van der Waals surface area contributed by atoms with Crippen LogP contribution in [0.1, 0.15) is 43.0 Å². The molecular formula is C21H28N4O4S. The van der Waals surface area contributed by atoms with Gasteiger partial charge in [-0.25, -0.2) is 0 Å². The highest BCUT2D eigenvalue weighted by Gasteiger charge is 2.33. The summed E-state index contributed by atoms with van der Waals surface area (Å²) < 4.78 is 5.01. The van der Waals surface area contributed by atoms with Gasteiger partial charge in [0.1, 0.15) is 5.25 Å². The van der Waals surface area contributed by atoms with Gasteiger partial charge in [0.15, 0.2) is 5.17 Å². The first-order valence-electron chi connectivity index (χ1n) is 10.2. The molecule has 162 valence electrons. The molecule has 8 nitrogen and oxygen atoms in total. The molecule has 2 aliphatic rings. The molecule has 0 bridgehead atoms. The number of likely N-dealkylation sites (tertiary alicyclic amines) is 1. The van der Waals surface area contributed by atoms with E-state index >= 15 is 0 Å². The zero-order valence-corrected chi connectivity index (χ0v) is 18.2. The minimum absolute atomic E-state index is 0.00551. The minimum Gasteiger partial charge on any atom is -0.385 e. The number of thioether (sulfide) groups is 1. The number of ether oxygens (including phenoxy) is 1. The Morgan fingerprint density at radius 1 is 1.27 bits per heavy atom. The lowest BCUT2D eigenvalue weighted by Gasteiger charge is -2.16. The summed E-state index contributed by atoms with van der Waals surface area (Å²) in [5, 5.41) is 5.97. The van der Waals surface area contributed by atoms with Crippen LogP contribution >= 0.6 is 11.8 Å². The van der Waals surface area contributed by atoms with Crippen LogP contribution in [-0.4, -0.2) is 65.9 Å². The summed E-state index contributed by atoms with van der Waals surface area (Å²) in [5.41, 5.74) is 1.10. The highest BCUT2D eigenvalue weighted by atomic mass is 32.2. The Morgan fingerprint density at radius 2 is 1.97 bits per heavy atom. The number of carbonyl (C=O) groups excluding carboxylic acids is 3. The molecule has 3 amide bonds. The minimum atomic E-state index is -0.473. The number of aliphatic imine (C=N–C) groups is 1. The number of hydrogen-bond donors (Lipinski definition) is 2. The summed E-state index contributed by atoms with van der Waals surface area (Å²) in [5.74, 6) is -0.660. The summed E-state index contributed by atoms with van der Waals surface area (Å²) in [6.07, 6.45) is 3.03. The molecule has 0 aliphatic carbocycles. The quantitative estimate of drug-likeness (QED) is 0.654. The van der Waals surface area contributed by atoms with Gasteiger partial charge in [-0.1, -0.05) is 11.8 Å². The van der Waals surface area contributed by atoms with Gasteiger partial charge in [0, 0.05) is 50.5 Å². The number of methoxy groups -OCH3 is 1. The standard InChI is InChI=1S/C21H28N4O4S/c1-14(9-12-29-2)22-19(27)15-5-7-16(8-6-15)23-18(26)13-17-20(28)24-21(30-17)25-10-3-4-11-25/h5-8,14,17H,3-4,9-13H2,1-2H3,(H,22,27)(H,23,26). The maximum Gasteiger partial charge on any atom is 0.262 e. The third-order valence-electron chi connectivity index (χ3n) is 5.04. The highest BCUT2D eigenvalue weighted by molar-refractivity contribution is 8.15.